The molecule has 0 N–H and O–H groups in total. The van der Waals surface area contributed by atoms with Gasteiger partial charge < -0.3 is 14.5 Å². The Balaban J connectivity index is 1.78. The smallest absolute Gasteiger partial charge is 0.242 e. The Kier molecular flexibility index (Phi) is 9.57. The molecule has 0 fully saturated rings. The lowest BCUT2D eigenvalue weighted by atomic mass is 9.93. The molecule has 3 rings (SSSR count). The highest BCUT2D eigenvalue weighted by Gasteiger charge is 2.33. The number of hydrogen-bond acceptors (Lipinski definition) is 4. The molecule has 174 valence electrons. The van der Waals surface area contributed by atoms with E-state index in [-0.39, 0.29) is 24.4 Å². The highest BCUT2D eigenvalue weighted by Crippen LogP contribution is 2.38. The average Bonchev–Trinajstić information content (AvgIpc) is 3.27. The Hall–Kier alpha value is -1.89. The second-order valence-electron chi connectivity index (χ2n) is 8.21. The van der Waals surface area contributed by atoms with E-state index >= 15 is 0 Å². The maximum Gasteiger partial charge on any atom is 0.242 e. The number of fused-ring (bicyclic) bond motifs is 1. The van der Waals surface area contributed by atoms with Crippen LogP contribution in [0.1, 0.15) is 61.1 Å². The molecule has 2 heterocycles. The van der Waals surface area contributed by atoms with E-state index in [1.165, 1.54) is 10.4 Å². The molecule has 0 aliphatic carbocycles. The average molecular weight is 477 g/mol. The van der Waals surface area contributed by atoms with Gasteiger partial charge in [0.25, 0.3) is 0 Å². The molecule has 7 heteroatoms. The molecule has 0 bridgehead atoms. The predicted octanol–water partition coefficient (Wildman–Crippen LogP) is 5.32. The van der Waals surface area contributed by atoms with E-state index in [0.29, 0.717) is 31.1 Å². The maximum absolute atomic E-state index is 13.5. The van der Waals surface area contributed by atoms with E-state index in [1.807, 2.05) is 29.2 Å². The van der Waals surface area contributed by atoms with Crippen molar-refractivity contribution in [3.8, 4) is 0 Å². The minimum Gasteiger partial charge on any atom is -0.385 e. The second kappa shape index (κ2) is 12.4. The standard InChI is InChI=1S/C25H33ClN2O3S/c1-3-4-5-7-23(29)27(14-6-16-31-2)18-24(30)28-15-12-22-21(13-17-32-22)25(28)19-8-10-20(26)11-9-19/h8-11,13,17,25H,3-7,12,14-16,18H2,1-2H3. The molecule has 1 atom stereocenters. The molecule has 1 aliphatic heterocycles. The number of carbonyl (C=O) groups is 2. The number of methoxy groups -OCH3 is 1. The lowest BCUT2D eigenvalue weighted by Gasteiger charge is -2.37. The summed E-state index contributed by atoms with van der Waals surface area (Å²) in [7, 11) is 1.65. The fourth-order valence-corrected chi connectivity index (χ4v) is 5.25. The lowest BCUT2D eigenvalue weighted by molar-refractivity contribution is -0.142. The summed E-state index contributed by atoms with van der Waals surface area (Å²) in [6.45, 7) is 3.99. The normalized spacial score (nSPS) is 15.5. The summed E-state index contributed by atoms with van der Waals surface area (Å²) in [6.07, 6.45) is 5.01. The van der Waals surface area contributed by atoms with Crippen molar-refractivity contribution in [3.05, 3.63) is 56.7 Å². The van der Waals surface area contributed by atoms with E-state index in [1.54, 1.807) is 23.3 Å². The SMILES string of the molecule is CCCCCC(=O)N(CCCOC)CC(=O)N1CCc2sccc2C1c1ccc(Cl)cc1. The number of rotatable bonds is 11. The molecule has 2 amide bonds. The van der Waals surface area contributed by atoms with Crippen molar-refractivity contribution in [2.45, 2.75) is 51.5 Å². The van der Waals surface area contributed by atoms with Gasteiger partial charge in [0, 0.05) is 43.1 Å². The molecule has 0 saturated heterocycles. The Morgan fingerprint density at radius 3 is 2.69 bits per heavy atom. The molecule has 1 unspecified atom stereocenters. The van der Waals surface area contributed by atoms with Crippen LogP contribution in [0, 0.1) is 0 Å². The number of benzene rings is 1. The molecular formula is C25H33ClN2O3S. The van der Waals surface area contributed by atoms with Crippen molar-refractivity contribution in [2.24, 2.45) is 0 Å². The van der Waals surface area contributed by atoms with Crippen LogP contribution in [-0.4, -0.2) is 55.0 Å². The summed E-state index contributed by atoms with van der Waals surface area (Å²) in [5.74, 6) is 0.0437. The highest BCUT2D eigenvalue weighted by molar-refractivity contribution is 7.10. The van der Waals surface area contributed by atoms with Crippen LogP contribution in [-0.2, 0) is 20.7 Å². The first-order valence-electron chi connectivity index (χ1n) is 11.4. The number of nitrogens with zero attached hydrogens (tertiary/aromatic N) is 2. The third-order valence-electron chi connectivity index (χ3n) is 5.92. The van der Waals surface area contributed by atoms with E-state index in [4.69, 9.17) is 16.3 Å². The fraction of sp³-hybridized carbons (Fsp3) is 0.520. The van der Waals surface area contributed by atoms with Crippen LogP contribution in [0.5, 0.6) is 0 Å². The number of thiophene rings is 1. The van der Waals surface area contributed by atoms with E-state index in [9.17, 15) is 9.59 Å². The molecule has 2 aromatic rings. The number of hydrogen-bond donors (Lipinski definition) is 0. The summed E-state index contributed by atoms with van der Waals surface area (Å²) in [5.41, 5.74) is 2.22. The first-order chi connectivity index (χ1) is 15.5. The van der Waals surface area contributed by atoms with Crippen LogP contribution >= 0.6 is 22.9 Å². The van der Waals surface area contributed by atoms with Gasteiger partial charge in [0.2, 0.25) is 11.8 Å². The zero-order valence-corrected chi connectivity index (χ0v) is 20.6. The largest absolute Gasteiger partial charge is 0.385 e. The van der Waals surface area contributed by atoms with Crippen molar-refractivity contribution in [1.82, 2.24) is 9.80 Å². The first-order valence-corrected chi connectivity index (χ1v) is 12.7. The molecule has 0 spiro atoms. The van der Waals surface area contributed by atoms with Crippen molar-refractivity contribution >= 4 is 34.8 Å². The Morgan fingerprint density at radius 2 is 1.97 bits per heavy atom. The molecular weight excluding hydrogens is 444 g/mol. The van der Waals surface area contributed by atoms with Gasteiger partial charge in [-0.2, -0.15) is 0 Å². The van der Waals surface area contributed by atoms with Crippen LogP contribution in [0.4, 0.5) is 0 Å². The predicted molar refractivity (Wildman–Crippen MR) is 130 cm³/mol. The van der Waals surface area contributed by atoms with Gasteiger partial charge in [0.15, 0.2) is 0 Å². The van der Waals surface area contributed by atoms with Crippen LogP contribution in [0.15, 0.2) is 35.7 Å². The summed E-state index contributed by atoms with van der Waals surface area (Å²) in [5, 5.41) is 2.77. The van der Waals surface area contributed by atoms with E-state index in [2.05, 4.69) is 18.4 Å². The molecule has 0 saturated carbocycles. The molecule has 0 radical (unpaired) electrons. The van der Waals surface area contributed by atoms with Crippen molar-refractivity contribution < 1.29 is 14.3 Å². The second-order valence-corrected chi connectivity index (χ2v) is 9.65. The molecule has 32 heavy (non-hydrogen) atoms. The van der Waals surface area contributed by atoms with Gasteiger partial charge in [0.05, 0.1) is 12.6 Å². The number of amides is 2. The zero-order valence-electron chi connectivity index (χ0n) is 19.0. The minimum atomic E-state index is -0.147. The monoisotopic (exact) mass is 476 g/mol. The number of ether oxygens (including phenoxy) is 1. The number of unbranched alkanes of at least 4 members (excludes halogenated alkanes) is 2. The summed E-state index contributed by atoms with van der Waals surface area (Å²) in [6, 6.07) is 9.69. The maximum atomic E-state index is 13.5. The number of carbonyl (C=O) groups excluding carboxylic acids is 2. The van der Waals surface area contributed by atoms with Gasteiger partial charge in [-0.25, -0.2) is 0 Å². The lowest BCUT2D eigenvalue weighted by Crippen LogP contribution is -2.47. The van der Waals surface area contributed by atoms with Crippen LogP contribution in [0.2, 0.25) is 5.02 Å². The molecule has 1 aromatic carbocycles. The Bertz CT molecular complexity index is 884. The number of halogens is 1. The van der Waals surface area contributed by atoms with Gasteiger partial charge >= 0.3 is 0 Å². The van der Waals surface area contributed by atoms with Crippen LogP contribution in [0.25, 0.3) is 0 Å². The minimum absolute atomic E-state index is 0.0111. The molecule has 1 aromatic heterocycles. The van der Waals surface area contributed by atoms with Crippen molar-refractivity contribution in [3.63, 3.8) is 0 Å². The fourth-order valence-electron chi connectivity index (χ4n) is 4.22. The van der Waals surface area contributed by atoms with Gasteiger partial charge in [-0.15, -0.1) is 11.3 Å². The summed E-state index contributed by atoms with van der Waals surface area (Å²) < 4.78 is 5.16. The third-order valence-corrected chi connectivity index (χ3v) is 7.17. The highest BCUT2D eigenvalue weighted by atomic mass is 35.5. The summed E-state index contributed by atoms with van der Waals surface area (Å²) in [4.78, 5) is 31.4. The van der Waals surface area contributed by atoms with E-state index in [0.717, 1.165) is 37.7 Å². The van der Waals surface area contributed by atoms with Crippen molar-refractivity contribution in [1.29, 1.82) is 0 Å². The van der Waals surface area contributed by atoms with Crippen LogP contribution in [0.3, 0.4) is 0 Å². The van der Waals surface area contributed by atoms with Gasteiger partial charge in [0.1, 0.15) is 0 Å². The Labute approximate surface area is 200 Å². The van der Waals surface area contributed by atoms with Gasteiger partial charge in [-0.1, -0.05) is 43.5 Å². The topological polar surface area (TPSA) is 49.9 Å². The first kappa shape index (κ1) is 24.7. The molecule has 5 nitrogen and oxygen atoms in total. The van der Waals surface area contributed by atoms with Crippen LogP contribution < -0.4 is 0 Å². The summed E-state index contributed by atoms with van der Waals surface area (Å²) >= 11 is 7.85. The zero-order chi connectivity index (χ0) is 22.9. The Morgan fingerprint density at radius 1 is 1.19 bits per heavy atom. The molecule has 1 aliphatic rings. The van der Waals surface area contributed by atoms with Crippen molar-refractivity contribution in [2.75, 3.05) is 33.4 Å². The quantitative estimate of drug-likeness (QED) is 0.412. The third kappa shape index (κ3) is 6.33. The van der Waals surface area contributed by atoms with E-state index < -0.39 is 0 Å². The van der Waals surface area contributed by atoms with Gasteiger partial charge in [-0.05, 0) is 54.0 Å². The van der Waals surface area contributed by atoms with Gasteiger partial charge in [-0.3, -0.25) is 9.59 Å².